The zero-order chi connectivity index (χ0) is 14.0. The van der Waals surface area contributed by atoms with Crippen LogP contribution in [0.15, 0.2) is 5.51 Å². The third kappa shape index (κ3) is 3.21. The van der Waals surface area contributed by atoms with E-state index in [2.05, 4.69) is 10.2 Å². The van der Waals surface area contributed by atoms with Crippen molar-refractivity contribution < 1.29 is 30.0 Å². The zero-order valence-electron chi connectivity index (χ0n) is 10.3. The fraction of sp³-hybridized carbons (Fsp3) is 0.600. The molecule has 3 rings (SSSR count). The van der Waals surface area contributed by atoms with Crippen LogP contribution in [0.3, 0.4) is 0 Å². The van der Waals surface area contributed by atoms with E-state index >= 15 is 0 Å². The van der Waals surface area contributed by atoms with Crippen LogP contribution >= 0.6 is 11.3 Å². The second kappa shape index (κ2) is 6.59. The van der Waals surface area contributed by atoms with Gasteiger partial charge in [0.2, 0.25) is 5.13 Å². The molecular weight excluding hydrogens is 290 g/mol. The summed E-state index contributed by atoms with van der Waals surface area (Å²) < 4.78 is 5.26. The first-order valence-electron chi connectivity index (χ1n) is 5.63. The number of nitrogens with zero attached hydrogens (tertiary/aromatic N) is 2. The molecule has 0 amide bonds. The monoisotopic (exact) mass is 305 g/mol. The Morgan fingerprint density at radius 3 is 2.00 bits per heavy atom. The second-order valence-corrected chi connectivity index (χ2v) is 5.16. The van der Waals surface area contributed by atoms with Crippen molar-refractivity contribution in [2.75, 3.05) is 5.73 Å². The van der Waals surface area contributed by atoms with Crippen molar-refractivity contribution in [1.29, 1.82) is 0 Å². The van der Waals surface area contributed by atoms with E-state index in [0.717, 1.165) is 0 Å². The van der Waals surface area contributed by atoms with E-state index < -0.39 is 23.8 Å². The quantitative estimate of drug-likeness (QED) is 0.641. The van der Waals surface area contributed by atoms with Gasteiger partial charge in [0.15, 0.2) is 0 Å². The molecule has 1 aromatic heterocycles. The standard InChI is InChI=1S/C8H10O5.C2H3N3S.H2O/c9-7(10)5-3-1-2-4(13-3)6(5)8(11)12;3-2-5-4-1-6-2;/h3-6H,1-2H2,(H,9,10)(H,11,12);1H,(H2,3,5);1H2/t3-,4+,5-,6+;;. The van der Waals surface area contributed by atoms with Gasteiger partial charge in [0.1, 0.15) is 5.51 Å². The highest BCUT2D eigenvalue weighted by molar-refractivity contribution is 7.13. The van der Waals surface area contributed by atoms with Gasteiger partial charge in [-0.3, -0.25) is 9.59 Å². The Balaban J connectivity index is 0.000000243. The van der Waals surface area contributed by atoms with E-state index in [1.807, 2.05) is 0 Å². The molecule has 9 nitrogen and oxygen atoms in total. The van der Waals surface area contributed by atoms with Crippen LogP contribution in [-0.2, 0) is 14.3 Å². The molecule has 0 radical (unpaired) electrons. The predicted octanol–water partition coefficient (Wildman–Crippen LogP) is -0.755. The van der Waals surface area contributed by atoms with Crippen molar-refractivity contribution in [3.63, 3.8) is 0 Å². The maximum Gasteiger partial charge on any atom is 0.310 e. The van der Waals surface area contributed by atoms with Gasteiger partial charge in [0.05, 0.1) is 24.0 Å². The molecule has 20 heavy (non-hydrogen) atoms. The van der Waals surface area contributed by atoms with Crippen LogP contribution in [0.1, 0.15) is 12.8 Å². The van der Waals surface area contributed by atoms with Gasteiger partial charge < -0.3 is 26.2 Å². The molecule has 0 saturated carbocycles. The Morgan fingerprint density at radius 2 is 1.75 bits per heavy atom. The molecule has 0 spiro atoms. The van der Waals surface area contributed by atoms with E-state index in [1.54, 1.807) is 5.51 Å². The minimum atomic E-state index is -1.06. The SMILES string of the molecule is Nc1nncs1.O.O=C(O)[C@@H]1[C@H](C(=O)O)[C@H]2CC[C@@H]1O2. The molecular formula is C10H15N3O6S. The van der Waals surface area contributed by atoms with Gasteiger partial charge in [-0.15, -0.1) is 10.2 Å². The number of carboxylic acid groups (broad SMARTS) is 2. The number of nitrogens with two attached hydrogens (primary N) is 1. The summed E-state index contributed by atoms with van der Waals surface area (Å²) in [7, 11) is 0. The maximum atomic E-state index is 10.8. The molecule has 6 N–H and O–H groups in total. The average Bonchev–Trinajstić information content (AvgIpc) is 3.03. The fourth-order valence-electron chi connectivity index (χ4n) is 2.49. The van der Waals surface area contributed by atoms with Gasteiger partial charge in [-0.1, -0.05) is 11.3 Å². The van der Waals surface area contributed by atoms with Crippen molar-refractivity contribution in [2.24, 2.45) is 11.8 Å². The fourth-order valence-corrected chi connectivity index (χ4v) is 2.78. The number of anilines is 1. The lowest BCUT2D eigenvalue weighted by Gasteiger charge is -2.20. The van der Waals surface area contributed by atoms with E-state index in [9.17, 15) is 9.59 Å². The first kappa shape index (κ1) is 16.3. The molecule has 3 heterocycles. The lowest BCUT2D eigenvalue weighted by molar-refractivity contribution is -0.154. The summed E-state index contributed by atoms with van der Waals surface area (Å²) in [4.78, 5) is 21.5. The average molecular weight is 305 g/mol. The molecule has 2 aliphatic rings. The third-order valence-corrected chi connectivity index (χ3v) is 3.74. The zero-order valence-corrected chi connectivity index (χ0v) is 11.1. The van der Waals surface area contributed by atoms with Crippen molar-refractivity contribution in [3.05, 3.63) is 5.51 Å². The van der Waals surface area contributed by atoms with Gasteiger partial charge in [-0.05, 0) is 12.8 Å². The summed E-state index contributed by atoms with van der Waals surface area (Å²) >= 11 is 1.33. The highest BCUT2D eigenvalue weighted by Gasteiger charge is 2.55. The number of rotatable bonds is 2. The van der Waals surface area contributed by atoms with Crippen molar-refractivity contribution in [1.82, 2.24) is 10.2 Å². The molecule has 10 heteroatoms. The maximum absolute atomic E-state index is 10.8. The number of hydrogen-bond donors (Lipinski definition) is 3. The molecule has 0 aromatic carbocycles. The van der Waals surface area contributed by atoms with E-state index in [4.69, 9.17) is 20.7 Å². The summed E-state index contributed by atoms with van der Waals surface area (Å²) in [5, 5.41) is 25.1. The Morgan fingerprint density at radius 1 is 1.25 bits per heavy atom. The Hall–Kier alpha value is -1.78. The number of carbonyl (C=O) groups is 2. The lowest BCUT2D eigenvalue weighted by Crippen LogP contribution is -2.38. The number of aromatic nitrogens is 2. The largest absolute Gasteiger partial charge is 0.481 e. The van der Waals surface area contributed by atoms with Crippen molar-refractivity contribution >= 4 is 28.4 Å². The van der Waals surface area contributed by atoms with E-state index in [0.29, 0.717) is 18.0 Å². The van der Waals surface area contributed by atoms with Crippen LogP contribution < -0.4 is 5.73 Å². The lowest BCUT2D eigenvalue weighted by atomic mass is 9.79. The highest BCUT2D eigenvalue weighted by Crippen LogP contribution is 2.43. The van der Waals surface area contributed by atoms with Gasteiger partial charge in [0.25, 0.3) is 0 Å². The molecule has 112 valence electrons. The smallest absolute Gasteiger partial charge is 0.310 e. The van der Waals surface area contributed by atoms with Crippen LogP contribution in [0.5, 0.6) is 0 Å². The second-order valence-electron chi connectivity index (χ2n) is 4.30. The summed E-state index contributed by atoms with van der Waals surface area (Å²) in [6, 6.07) is 0. The van der Waals surface area contributed by atoms with Gasteiger partial charge in [-0.2, -0.15) is 0 Å². The van der Waals surface area contributed by atoms with Crippen LogP contribution in [-0.4, -0.2) is 50.0 Å². The molecule has 4 atom stereocenters. The molecule has 1 aromatic rings. The number of hydrogen-bond acceptors (Lipinski definition) is 7. The van der Waals surface area contributed by atoms with Gasteiger partial charge in [0, 0.05) is 0 Å². The molecule has 2 fully saturated rings. The number of ether oxygens (including phenoxy) is 1. The predicted molar refractivity (Wildman–Crippen MR) is 68.1 cm³/mol. The van der Waals surface area contributed by atoms with Crippen LogP contribution in [0.25, 0.3) is 0 Å². The highest BCUT2D eigenvalue weighted by atomic mass is 32.1. The van der Waals surface area contributed by atoms with E-state index in [-0.39, 0.29) is 17.7 Å². The molecule has 2 saturated heterocycles. The topological polar surface area (TPSA) is 167 Å². The van der Waals surface area contributed by atoms with Crippen molar-refractivity contribution in [3.8, 4) is 0 Å². The summed E-state index contributed by atoms with van der Waals surface area (Å²) in [6.07, 6.45) is 0.573. The molecule has 2 bridgehead atoms. The number of fused-ring (bicyclic) bond motifs is 2. The summed E-state index contributed by atoms with van der Waals surface area (Å²) in [5.74, 6) is -3.81. The Labute approximate surface area is 117 Å². The Bertz CT molecular complexity index is 442. The first-order valence-corrected chi connectivity index (χ1v) is 6.51. The normalized spacial score (nSPS) is 30.0. The first-order chi connectivity index (χ1) is 9.00. The number of nitrogen functional groups attached to an aromatic ring is 1. The third-order valence-electron chi connectivity index (χ3n) is 3.22. The van der Waals surface area contributed by atoms with Crippen molar-refractivity contribution in [2.45, 2.75) is 25.0 Å². The molecule has 2 aliphatic heterocycles. The van der Waals surface area contributed by atoms with Gasteiger partial charge >= 0.3 is 11.9 Å². The van der Waals surface area contributed by atoms with Crippen LogP contribution in [0, 0.1) is 11.8 Å². The number of aliphatic carboxylic acids is 2. The van der Waals surface area contributed by atoms with Gasteiger partial charge in [-0.25, -0.2) is 0 Å². The van der Waals surface area contributed by atoms with E-state index in [1.165, 1.54) is 11.3 Å². The van der Waals surface area contributed by atoms with Crippen LogP contribution in [0.4, 0.5) is 5.13 Å². The summed E-state index contributed by atoms with van der Waals surface area (Å²) in [6.45, 7) is 0. The minimum absolute atomic E-state index is 0. The number of carboxylic acids is 2. The summed E-state index contributed by atoms with van der Waals surface area (Å²) in [5.41, 5.74) is 6.72. The van der Waals surface area contributed by atoms with Crippen LogP contribution in [0.2, 0.25) is 0 Å². The minimum Gasteiger partial charge on any atom is -0.481 e. The molecule has 0 unspecified atom stereocenters. The molecule has 0 aliphatic carbocycles. The Kier molecular flexibility index (Phi) is 5.36.